The third-order valence-corrected chi connectivity index (χ3v) is 10.3. The molecule has 3 aliphatic rings. The van der Waals surface area contributed by atoms with Crippen molar-refractivity contribution in [1.82, 2.24) is 19.2 Å². The zero-order chi connectivity index (χ0) is 28.7. The Morgan fingerprint density at radius 1 is 1.00 bits per heavy atom. The Bertz CT molecular complexity index is 1520. The number of sulfonamides is 1. The molecule has 0 saturated carbocycles. The molecule has 4 heterocycles. The lowest BCUT2D eigenvalue weighted by Gasteiger charge is -2.37. The fourth-order valence-corrected chi connectivity index (χ4v) is 7.68. The smallest absolute Gasteiger partial charge is 0.318 e. The Hall–Kier alpha value is -2.66. The van der Waals surface area contributed by atoms with E-state index in [1.165, 1.54) is 12.7 Å². The summed E-state index contributed by atoms with van der Waals surface area (Å²) in [4.78, 5) is 17.0. The van der Waals surface area contributed by atoms with Crippen molar-refractivity contribution in [3.8, 4) is 6.01 Å². The molecule has 3 aliphatic heterocycles. The van der Waals surface area contributed by atoms with Crippen LogP contribution in [-0.4, -0.2) is 91.8 Å². The van der Waals surface area contributed by atoms with Gasteiger partial charge in [0.15, 0.2) is 0 Å². The van der Waals surface area contributed by atoms with E-state index in [4.69, 9.17) is 26.3 Å². The summed E-state index contributed by atoms with van der Waals surface area (Å²) < 4.78 is 32.1. The van der Waals surface area contributed by atoms with Gasteiger partial charge in [-0.05, 0) is 57.2 Å². The molecule has 220 valence electrons. The first-order valence-corrected chi connectivity index (χ1v) is 16.8. The van der Waals surface area contributed by atoms with Gasteiger partial charge >= 0.3 is 6.01 Å². The topological polar surface area (TPSA) is 82.1 Å². The molecule has 2 saturated heterocycles. The molecule has 41 heavy (non-hydrogen) atoms. The molecule has 1 aromatic heterocycles. The summed E-state index contributed by atoms with van der Waals surface area (Å²) in [6, 6.07) is 13.5. The minimum absolute atomic E-state index is 0.353. The zero-order valence-corrected chi connectivity index (χ0v) is 25.7. The largest absolute Gasteiger partial charge is 0.462 e. The van der Waals surface area contributed by atoms with Gasteiger partial charge in [0, 0.05) is 61.4 Å². The molecule has 0 aliphatic carbocycles. The molecule has 6 rings (SSSR count). The number of rotatable bonds is 7. The number of aromatic nitrogens is 2. The quantitative estimate of drug-likeness (QED) is 0.401. The highest BCUT2D eigenvalue weighted by molar-refractivity contribution is 7.88. The summed E-state index contributed by atoms with van der Waals surface area (Å²) in [5, 5.41) is 2.91. The Morgan fingerprint density at radius 2 is 1.76 bits per heavy atom. The van der Waals surface area contributed by atoms with Crippen molar-refractivity contribution in [1.29, 1.82) is 0 Å². The fraction of sp³-hybridized carbons (Fsp3) is 0.533. The molecule has 3 aromatic rings. The molecule has 0 bridgehead atoms. The molecule has 2 fully saturated rings. The molecule has 1 atom stereocenters. The number of piperazine rings is 1. The van der Waals surface area contributed by atoms with Crippen LogP contribution in [0.5, 0.6) is 6.01 Å². The van der Waals surface area contributed by atoms with Gasteiger partial charge in [0.1, 0.15) is 12.4 Å². The molecule has 1 unspecified atom stereocenters. The molecule has 9 nitrogen and oxygen atoms in total. The number of fused-ring (bicyclic) bond motifs is 2. The number of ether oxygens (including phenoxy) is 1. The van der Waals surface area contributed by atoms with Crippen LogP contribution < -0.4 is 14.5 Å². The molecule has 0 amide bonds. The van der Waals surface area contributed by atoms with Crippen molar-refractivity contribution in [3.05, 3.63) is 52.7 Å². The standard InChI is InChI=1S/C30H39ClN6O3S/c1-21(2)37-13-6-9-23(37)20-40-30-32-26-19-35(27-11-5-8-22-7-4-10-25(31)28(22)27)14-12-24(26)29(33-30)34-15-17-36(18-16-34)41(3,38)39/h4-5,7-8,10-11,21,23H,6,9,12-20H2,1-3H3. The van der Waals surface area contributed by atoms with E-state index >= 15 is 0 Å². The van der Waals surface area contributed by atoms with Crippen molar-refractivity contribution < 1.29 is 13.2 Å². The zero-order valence-electron chi connectivity index (χ0n) is 24.1. The number of likely N-dealkylation sites (tertiary alicyclic amines) is 1. The van der Waals surface area contributed by atoms with Crippen molar-refractivity contribution >= 4 is 43.9 Å². The number of nitrogens with zero attached hydrogens (tertiary/aromatic N) is 6. The fourth-order valence-electron chi connectivity index (χ4n) is 6.58. The number of hydrogen-bond donors (Lipinski definition) is 0. The highest BCUT2D eigenvalue weighted by atomic mass is 35.5. The number of anilines is 2. The Kier molecular flexibility index (Phi) is 8.02. The second-order valence-corrected chi connectivity index (χ2v) is 14.0. The van der Waals surface area contributed by atoms with Crippen molar-refractivity contribution in [2.75, 3.05) is 61.9 Å². The number of halogens is 1. The average molecular weight is 599 g/mol. The van der Waals surface area contributed by atoms with Gasteiger partial charge in [-0.15, -0.1) is 0 Å². The summed E-state index contributed by atoms with van der Waals surface area (Å²) in [5.41, 5.74) is 3.18. The molecular formula is C30H39ClN6O3S. The van der Waals surface area contributed by atoms with Gasteiger partial charge < -0.3 is 14.5 Å². The predicted molar refractivity (Wildman–Crippen MR) is 165 cm³/mol. The van der Waals surface area contributed by atoms with E-state index in [1.807, 2.05) is 12.1 Å². The van der Waals surface area contributed by atoms with E-state index in [-0.39, 0.29) is 0 Å². The maximum Gasteiger partial charge on any atom is 0.318 e. The van der Waals surface area contributed by atoms with Crippen LogP contribution in [0.3, 0.4) is 0 Å². The van der Waals surface area contributed by atoms with Gasteiger partial charge in [-0.2, -0.15) is 14.3 Å². The van der Waals surface area contributed by atoms with E-state index < -0.39 is 10.0 Å². The molecule has 0 spiro atoms. The maximum atomic E-state index is 12.1. The van der Waals surface area contributed by atoms with Gasteiger partial charge in [-0.3, -0.25) is 4.90 Å². The summed E-state index contributed by atoms with van der Waals surface area (Å²) >= 11 is 6.69. The molecule has 0 radical (unpaired) electrons. The third kappa shape index (κ3) is 5.84. The summed E-state index contributed by atoms with van der Waals surface area (Å²) in [5.74, 6) is 0.876. The summed E-state index contributed by atoms with van der Waals surface area (Å²) in [6.07, 6.45) is 4.34. The van der Waals surface area contributed by atoms with E-state index in [2.05, 4.69) is 52.8 Å². The van der Waals surface area contributed by atoms with Crippen LogP contribution in [-0.2, 0) is 23.0 Å². The van der Waals surface area contributed by atoms with E-state index in [9.17, 15) is 8.42 Å². The normalized spacial score (nSPS) is 20.7. The Labute approximate surface area is 248 Å². The van der Waals surface area contributed by atoms with Gasteiger partial charge in [-0.25, -0.2) is 8.42 Å². The van der Waals surface area contributed by atoms with Crippen LogP contribution in [0, 0.1) is 0 Å². The average Bonchev–Trinajstić information content (AvgIpc) is 3.44. The van der Waals surface area contributed by atoms with Crippen LogP contribution >= 0.6 is 11.6 Å². The monoisotopic (exact) mass is 598 g/mol. The highest BCUT2D eigenvalue weighted by Crippen LogP contribution is 2.37. The van der Waals surface area contributed by atoms with Crippen molar-refractivity contribution in [2.24, 2.45) is 0 Å². The number of hydrogen-bond acceptors (Lipinski definition) is 8. The Morgan fingerprint density at radius 3 is 2.49 bits per heavy atom. The molecular weight excluding hydrogens is 560 g/mol. The van der Waals surface area contributed by atoms with Gasteiger partial charge in [0.2, 0.25) is 10.0 Å². The number of benzene rings is 2. The van der Waals surface area contributed by atoms with Crippen LogP contribution in [0.15, 0.2) is 36.4 Å². The lowest BCUT2D eigenvalue weighted by atomic mass is 10.0. The van der Waals surface area contributed by atoms with Crippen molar-refractivity contribution in [3.63, 3.8) is 0 Å². The van der Waals surface area contributed by atoms with Gasteiger partial charge in [0.25, 0.3) is 0 Å². The lowest BCUT2D eigenvalue weighted by molar-refractivity contribution is 0.138. The second kappa shape index (κ2) is 11.6. The minimum atomic E-state index is -3.22. The summed E-state index contributed by atoms with van der Waals surface area (Å²) in [6.45, 7) is 9.60. The molecule has 2 aromatic carbocycles. The van der Waals surface area contributed by atoms with Crippen molar-refractivity contribution in [2.45, 2.75) is 51.7 Å². The van der Waals surface area contributed by atoms with Gasteiger partial charge in [0.05, 0.1) is 23.5 Å². The lowest BCUT2D eigenvalue weighted by Crippen LogP contribution is -2.49. The maximum absolute atomic E-state index is 12.1. The third-order valence-electron chi connectivity index (χ3n) is 8.69. The van der Waals surface area contributed by atoms with E-state index in [0.717, 1.165) is 64.5 Å². The van der Waals surface area contributed by atoms with Crippen LogP contribution in [0.2, 0.25) is 5.02 Å². The van der Waals surface area contributed by atoms with E-state index in [1.54, 1.807) is 4.31 Å². The first-order chi connectivity index (χ1) is 19.7. The highest BCUT2D eigenvalue weighted by Gasteiger charge is 2.31. The van der Waals surface area contributed by atoms with Crippen LogP contribution in [0.4, 0.5) is 11.5 Å². The van der Waals surface area contributed by atoms with Crippen LogP contribution in [0.1, 0.15) is 37.9 Å². The summed E-state index contributed by atoms with van der Waals surface area (Å²) in [7, 11) is -3.22. The first-order valence-electron chi connectivity index (χ1n) is 14.6. The van der Waals surface area contributed by atoms with E-state index in [0.29, 0.717) is 57.4 Å². The minimum Gasteiger partial charge on any atom is -0.462 e. The predicted octanol–water partition coefficient (Wildman–Crippen LogP) is 4.18. The van der Waals surface area contributed by atoms with Gasteiger partial charge in [-0.1, -0.05) is 35.9 Å². The first kappa shape index (κ1) is 28.5. The second-order valence-electron chi connectivity index (χ2n) is 11.6. The van der Waals surface area contributed by atoms with Crippen LogP contribution in [0.25, 0.3) is 10.8 Å². The SMILES string of the molecule is CC(C)N1CCCC1COc1nc2c(c(N3CCN(S(C)(=O)=O)CC3)n1)CCN(c1cccc3cccc(Cl)c13)C2. The molecule has 0 N–H and O–H groups in total. The molecule has 11 heteroatoms. The Balaban J connectivity index is 1.31.